The summed E-state index contributed by atoms with van der Waals surface area (Å²) in [5.41, 5.74) is -0.569. The van der Waals surface area contributed by atoms with Crippen LogP contribution in [0.4, 0.5) is 13.2 Å². The summed E-state index contributed by atoms with van der Waals surface area (Å²) in [5, 5.41) is 4.26. The SMILES string of the molecule is FC(F)(F)c1nc2cc(Cl)ccc2c2c1nc(-c1ncc[nH]1)n2CCC1CCNCC1. The van der Waals surface area contributed by atoms with E-state index in [4.69, 9.17) is 11.6 Å². The molecule has 4 heterocycles. The highest BCUT2D eigenvalue weighted by molar-refractivity contribution is 6.31. The molecule has 0 unspecified atom stereocenters. The number of nitrogens with zero attached hydrogens (tertiary/aromatic N) is 4. The summed E-state index contributed by atoms with van der Waals surface area (Å²) < 4.78 is 43.6. The molecule has 1 aromatic carbocycles. The van der Waals surface area contributed by atoms with E-state index in [0.717, 1.165) is 32.4 Å². The number of alkyl halides is 3. The van der Waals surface area contributed by atoms with Gasteiger partial charge in [-0.25, -0.2) is 15.0 Å². The molecule has 0 aliphatic carbocycles. The van der Waals surface area contributed by atoms with Crippen molar-refractivity contribution >= 4 is 33.5 Å². The first-order valence-corrected chi connectivity index (χ1v) is 10.6. The molecule has 0 atom stereocenters. The van der Waals surface area contributed by atoms with Gasteiger partial charge in [0.15, 0.2) is 17.3 Å². The fourth-order valence-electron chi connectivity index (χ4n) is 4.33. The number of imidazole rings is 2. The number of piperidine rings is 1. The van der Waals surface area contributed by atoms with Crippen LogP contribution in [0.5, 0.6) is 0 Å². The molecule has 3 aromatic heterocycles. The second-order valence-corrected chi connectivity index (χ2v) is 8.26. The molecule has 1 aliphatic rings. The molecule has 6 nitrogen and oxygen atoms in total. The Bertz CT molecular complexity index is 1230. The molecule has 2 N–H and O–H groups in total. The lowest BCUT2D eigenvalue weighted by Crippen LogP contribution is -2.28. The lowest BCUT2D eigenvalue weighted by atomic mass is 9.94. The van der Waals surface area contributed by atoms with Crippen molar-refractivity contribution in [2.45, 2.75) is 32.0 Å². The van der Waals surface area contributed by atoms with E-state index >= 15 is 0 Å². The first-order valence-electron chi connectivity index (χ1n) is 10.2. The molecule has 0 radical (unpaired) electrons. The summed E-state index contributed by atoms with van der Waals surface area (Å²) in [6.45, 7) is 2.46. The van der Waals surface area contributed by atoms with Crippen LogP contribution in [0, 0.1) is 5.92 Å². The van der Waals surface area contributed by atoms with E-state index in [-0.39, 0.29) is 11.0 Å². The highest BCUT2D eigenvalue weighted by Crippen LogP contribution is 2.39. The molecule has 0 spiro atoms. The van der Waals surface area contributed by atoms with Crippen molar-refractivity contribution < 1.29 is 13.2 Å². The van der Waals surface area contributed by atoms with Gasteiger partial charge in [-0.15, -0.1) is 0 Å². The molecular formula is C21H20ClF3N6. The van der Waals surface area contributed by atoms with Gasteiger partial charge < -0.3 is 14.9 Å². The summed E-state index contributed by atoms with van der Waals surface area (Å²) in [4.78, 5) is 15.5. The summed E-state index contributed by atoms with van der Waals surface area (Å²) >= 11 is 6.06. The Morgan fingerprint density at radius 2 is 1.97 bits per heavy atom. The van der Waals surface area contributed by atoms with Crippen LogP contribution < -0.4 is 5.32 Å². The zero-order valence-corrected chi connectivity index (χ0v) is 17.3. The van der Waals surface area contributed by atoms with Crippen molar-refractivity contribution in [1.29, 1.82) is 0 Å². The standard InChI is InChI=1S/C21H20ClF3N6/c22-13-1-2-14-15(11-13)29-18(21(23,24)25)16-17(14)31(10-5-12-3-6-26-7-4-12)20(30-16)19-27-8-9-28-19/h1-2,8-9,11-12,26H,3-7,10H2,(H,27,28). The number of aryl methyl sites for hydroxylation is 1. The van der Waals surface area contributed by atoms with E-state index < -0.39 is 11.9 Å². The topological polar surface area (TPSA) is 71.4 Å². The van der Waals surface area contributed by atoms with E-state index in [1.807, 2.05) is 4.57 Å². The predicted molar refractivity (Wildman–Crippen MR) is 113 cm³/mol. The average molecular weight is 449 g/mol. The van der Waals surface area contributed by atoms with Gasteiger partial charge in [-0.1, -0.05) is 11.6 Å². The molecule has 0 amide bonds. The van der Waals surface area contributed by atoms with Crippen LogP contribution in [-0.4, -0.2) is 37.6 Å². The van der Waals surface area contributed by atoms with Crippen molar-refractivity contribution in [3.05, 3.63) is 41.3 Å². The van der Waals surface area contributed by atoms with Crippen LogP contribution in [0.1, 0.15) is 25.0 Å². The molecule has 1 saturated heterocycles. The molecule has 1 aliphatic heterocycles. The Kier molecular flexibility index (Phi) is 5.10. The van der Waals surface area contributed by atoms with Gasteiger partial charge in [0.25, 0.3) is 0 Å². The van der Waals surface area contributed by atoms with Crippen LogP contribution in [0.2, 0.25) is 5.02 Å². The second-order valence-electron chi connectivity index (χ2n) is 7.82. The number of aromatic nitrogens is 5. The molecular weight excluding hydrogens is 429 g/mol. The number of benzene rings is 1. The Morgan fingerprint density at radius 3 is 2.68 bits per heavy atom. The number of nitrogens with one attached hydrogen (secondary N) is 2. The highest BCUT2D eigenvalue weighted by atomic mass is 35.5. The van der Waals surface area contributed by atoms with Gasteiger partial charge in [0, 0.05) is 29.3 Å². The molecule has 31 heavy (non-hydrogen) atoms. The minimum atomic E-state index is -4.65. The molecule has 1 fully saturated rings. The quantitative estimate of drug-likeness (QED) is 0.459. The Hall–Kier alpha value is -2.65. The lowest BCUT2D eigenvalue weighted by Gasteiger charge is -2.23. The van der Waals surface area contributed by atoms with E-state index in [2.05, 4.69) is 25.3 Å². The van der Waals surface area contributed by atoms with Crippen LogP contribution in [0.15, 0.2) is 30.6 Å². The summed E-state index contributed by atoms with van der Waals surface area (Å²) in [5.74, 6) is 1.31. The van der Waals surface area contributed by atoms with Gasteiger partial charge in [0.2, 0.25) is 0 Å². The van der Waals surface area contributed by atoms with E-state index in [0.29, 0.717) is 40.0 Å². The van der Waals surface area contributed by atoms with Crippen molar-refractivity contribution in [3.63, 3.8) is 0 Å². The van der Waals surface area contributed by atoms with Gasteiger partial charge in [-0.3, -0.25) is 0 Å². The van der Waals surface area contributed by atoms with Gasteiger partial charge in [0.1, 0.15) is 5.52 Å². The monoisotopic (exact) mass is 448 g/mol. The van der Waals surface area contributed by atoms with Crippen LogP contribution in [0.3, 0.4) is 0 Å². The molecule has 4 aromatic rings. The fraction of sp³-hybridized carbons (Fsp3) is 0.381. The molecule has 0 bridgehead atoms. The van der Waals surface area contributed by atoms with Crippen molar-refractivity contribution in [3.8, 4) is 11.6 Å². The lowest BCUT2D eigenvalue weighted by molar-refractivity contribution is -0.139. The predicted octanol–water partition coefficient (Wildman–Crippen LogP) is 5.04. The van der Waals surface area contributed by atoms with Crippen molar-refractivity contribution in [2.24, 2.45) is 5.92 Å². The van der Waals surface area contributed by atoms with Crippen LogP contribution in [0.25, 0.3) is 33.6 Å². The van der Waals surface area contributed by atoms with Gasteiger partial charge >= 0.3 is 6.18 Å². The third-order valence-corrected chi connectivity index (χ3v) is 6.07. The molecule has 162 valence electrons. The third-order valence-electron chi connectivity index (χ3n) is 5.84. The first-order chi connectivity index (χ1) is 14.9. The average Bonchev–Trinajstić information content (AvgIpc) is 3.39. The van der Waals surface area contributed by atoms with Crippen molar-refractivity contribution in [1.82, 2.24) is 29.8 Å². The number of aromatic amines is 1. The molecule has 5 rings (SSSR count). The largest absolute Gasteiger partial charge is 0.435 e. The number of rotatable bonds is 4. The smallest absolute Gasteiger partial charge is 0.342 e. The zero-order chi connectivity index (χ0) is 21.6. The summed E-state index contributed by atoms with van der Waals surface area (Å²) in [6, 6.07) is 4.83. The number of halogens is 4. The van der Waals surface area contributed by atoms with Crippen LogP contribution in [-0.2, 0) is 12.7 Å². The summed E-state index contributed by atoms with van der Waals surface area (Å²) in [6.07, 6.45) is 1.49. The maximum absolute atomic E-state index is 13.9. The first kappa shape index (κ1) is 20.3. The van der Waals surface area contributed by atoms with Crippen molar-refractivity contribution in [2.75, 3.05) is 13.1 Å². The van der Waals surface area contributed by atoms with E-state index in [9.17, 15) is 13.2 Å². The fourth-order valence-corrected chi connectivity index (χ4v) is 4.49. The number of hydrogen-bond acceptors (Lipinski definition) is 4. The normalized spacial score (nSPS) is 15.9. The number of H-pyrrole nitrogens is 1. The van der Waals surface area contributed by atoms with Crippen LogP contribution >= 0.6 is 11.6 Å². The van der Waals surface area contributed by atoms with Gasteiger partial charge in [0.05, 0.1) is 11.0 Å². The number of fused-ring (bicyclic) bond motifs is 3. The minimum Gasteiger partial charge on any atom is -0.342 e. The molecule has 10 heteroatoms. The number of hydrogen-bond donors (Lipinski definition) is 2. The minimum absolute atomic E-state index is 0.168. The maximum atomic E-state index is 13.9. The van der Waals surface area contributed by atoms with Gasteiger partial charge in [-0.2, -0.15) is 13.2 Å². The van der Waals surface area contributed by atoms with E-state index in [1.54, 1.807) is 24.5 Å². The third kappa shape index (κ3) is 3.76. The highest BCUT2D eigenvalue weighted by Gasteiger charge is 2.38. The number of pyridine rings is 1. The molecule has 0 saturated carbocycles. The Labute approximate surface area is 180 Å². The summed E-state index contributed by atoms with van der Waals surface area (Å²) in [7, 11) is 0. The Morgan fingerprint density at radius 1 is 1.16 bits per heavy atom. The van der Waals surface area contributed by atoms with E-state index in [1.165, 1.54) is 6.07 Å². The Balaban J connectivity index is 1.75. The maximum Gasteiger partial charge on any atom is 0.435 e. The zero-order valence-electron chi connectivity index (χ0n) is 16.5. The second kappa shape index (κ2) is 7.80. The van der Waals surface area contributed by atoms with Gasteiger partial charge in [-0.05, 0) is 56.5 Å².